The molecule has 0 saturated heterocycles. The lowest BCUT2D eigenvalue weighted by Gasteiger charge is -2.25. The molecule has 20 heavy (non-hydrogen) atoms. The number of hydrogen-bond donors (Lipinski definition) is 2. The molecule has 0 saturated carbocycles. The van der Waals surface area contributed by atoms with E-state index < -0.39 is 5.60 Å². The Balaban J connectivity index is 1.89. The number of aryl methyl sites for hydroxylation is 1. The predicted molar refractivity (Wildman–Crippen MR) is 76.0 cm³/mol. The number of H-pyrrole nitrogens is 1. The first-order valence-corrected chi connectivity index (χ1v) is 6.76. The number of aromatic amines is 1. The summed E-state index contributed by atoms with van der Waals surface area (Å²) in [5, 5.41) is 12.1. The average Bonchev–Trinajstić information content (AvgIpc) is 3.03. The molecule has 100 valence electrons. The number of aliphatic hydroxyl groups is 1. The van der Waals surface area contributed by atoms with Crippen molar-refractivity contribution in [3.63, 3.8) is 0 Å². The zero-order chi connectivity index (χ0) is 13.7. The molecule has 1 heterocycles. The molecule has 0 fully saturated rings. The van der Waals surface area contributed by atoms with Crippen molar-refractivity contribution in [2.75, 3.05) is 0 Å². The molecule has 2 nitrogen and oxygen atoms in total. The number of aromatic nitrogens is 1. The minimum absolute atomic E-state index is 0.242. The monoisotopic (exact) mass is 267 g/mol. The summed E-state index contributed by atoms with van der Waals surface area (Å²) < 4.78 is 13.3. The van der Waals surface area contributed by atoms with E-state index in [1.54, 1.807) is 6.07 Å². The molecule has 1 unspecified atom stereocenters. The van der Waals surface area contributed by atoms with E-state index >= 15 is 0 Å². The van der Waals surface area contributed by atoms with Crippen LogP contribution in [0.1, 0.15) is 23.1 Å². The van der Waals surface area contributed by atoms with Crippen molar-refractivity contribution in [2.24, 2.45) is 0 Å². The largest absolute Gasteiger partial charge is 0.380 e. The van der Waals surface area contributed by atoms with E-state index in [0.717, 1.165) is 27.6 Å². The van der Waals surface area contributed by atoms with Gasteiger partial charge in [-0.25, -0.2) is 4.39 Å². The van der Waals surface area contributed by atoms with E-state index in [1.165, 1.54) is 12.1 Å². The molecule has 1 aromatic heterocycles. The molecule has 1 atom stereocenters. The van der Waals surface area contributed by atoms with Crippen molar-refractivity contribution in [3.05, 3.63) is 71.2 Å². The SMILES string of the molecule is OC1(c2ccc3[nH]ccc3c2)CCc2cc(F)ccc21. The van der Waals surface area contributed by atoms with Crippen LogP contribution in [0.5, 0.6) is 0 Å². The minimum Gasteiger partial charge on any atom is -0.380 e. The third kappa shape index (κ3) is 1.53. The molecule has 1 aliphatic carbocycles. The molecule has 2 aromatic carbocycles. The van der Waals surface area contributed by atoms with E-state index in [-0.39, 0.29) is 5.82 Å². The van der Waals surface area contributed by atoms with Gasteiger partial charge in [-0.15, -0.1) is 0 Å². The van der Waals surface area contributed by atoms with Gasteiger partial charge in [-0.1, -0.05) is 12.1 Å². The van der Waals surface area contributed by atoms with Crippen molar-refractivity contribution in [2.45, 2.75) is 18.4 Å². The maximum atomic E-state index is 13.3. The maximum absolute atomic E-state index is 13.3. The van der Waals surface area contributed by atoms with Gasteiger partial charge in [-0.05, 0) is 65.3 Å². The van der Waals surface area contributed by atoms with E-state index in [9.17, 15) is 9.50 Å². The summed E-state index contributed by atoms with van der Waals surface area (Å²) in [5.41, 5.74) is 2.65. The number of hydrogen-bond acceptors (Lipinski definition) is 1. The fourth-order valence-electron chi connectivity index (χ4n) is 3.23. The van der Waals surface area contributed by atoms with Crippen molar-refractivity contribution >= 4 is 10.9 Å². The number of benzene rings is 2. The van der Waals surface area contributed by atoms with Gasteiger partial charge in [0, 0.05) is 11.7 Å². The molecule has 0 radical (unpaired) electrons. The van der Waals surface area contributed by atoms with E-state index in [4.69, 9.17) is 0 Å². The third-order valence-corrected chi connectivity index (χ3v) is 4.30. The van der Waals surface area contributed by atoms with Crippen LogP contribution in [0.15, 0.2) is 48.7 Å². The fraction of sp³-hybridized carbons (Fsp3) is 0.176. The molecule has 3 heteroatoms. The van der Waals surface area contributed by atoms with Crippen molar-refractivity contribution in [1.29, 1.82) is 0 Å². The summed E-state index contributed by atoms with van der Waals surface area (Å²) in [6.07, 6.45) is 3.19. The van der Waals surface area contributed by atoms with Crippen LogP contribution in [0.4, 0.5) is 4.39 Å². The minimum atomic E-state index is -1.01. The Hall–Kier alpha value is -2.13. The highest BCUT2D eigenvalue weighted by Gasteiger charge is 2.38. The summed E-state index contributed by atoms with van der Waals surface area (Å²) in [6.45, 7) is 0. The lowest BCUT2D eigenvalue weighted by atomic mass is 9.87. The highest BCUT2D eigenvalue weighted by Crippen LogP contribution is 2.42. The van der Waals surface area contributed by atoms with Gasteiger partial charge >= 0.3 is 0 Å². The van der Waals surface area contributed by atoms with Gasteiger partial charge in [-0.3, -0.25) is 0 Å². The first-order chi connectivity index (χ1) is 9.67. The van der Waals surface area contributed by atoms with Crippen LogP contribution >= 0.6 is 0 Å². The van der Waals surface area contributed by atoms with Gasteiger partial charge in [-0.2, -0.15) is 0 Å². The van der Waals surface area contributed by atoms with Crippen LogP contribution in [0.3, 0.4) is 0 Å². The molecule has 2 N–H and O–H groups in total. The molecule has 0 spiro atoms. The Morgan fingerprint density at radius 1 is 1.10 bits per heavy atom. The highest BCUT2D eigenvalue weighted by molar-refractivity contribution is 5.80. The Morgan fingerprint density at radius 2 is 2.00 bits per heavy atom. The van der Waals surface area contributed by atoms with Gasteiger partial charge < -0.3 is 10.1 Å². The Kier molecular flexibility index (Phi) is 2.30. The smallest absolute Gasteiger partial charge is 0.123 e. The third-order valence-electron chi connectivity index (χ3n) is 4.30. The van der Waals surface area contributed by atoms with Crippen LogP contribution in [-0.4, -0.2) is 10.1 Å². The van der Waals surface area contributed by atoms with Gasteiger partial charge in [0.1, 0.15) is 11.4 Å². The van der Waals surface area contributed by atoms with Crippen LogP contribution in [0.25, 0.3) is 10.9 Å². The molecule has 0 bridgehead atoms. The Morgan fingerprint density at radius 3 is 2.90 bits per heavy atom. The molecule has 4 rings (SSSR count). The number of halogens is 1. The van der Waals surface area contributed by atoms with Gasteiger partial charge in [0.2, 0.25) is 0 Å². The summed E-state index contributed by atoms with van der Waals surface area (Å²) in [6, 6.07) is 12.6. The number of nitrogens with one attached hydrogen (secondary N) is 1. The predicted octanol–water partition coefficient (Wildman–Crippen LogP) is 3.49. The maximum Gasteiger partial charge on any atom is 0.123 e. The second kappa shape index (κ2) is 3.93. The van der Waals surface area contributed by atoms with Crippen LogP contribution in [-0.2, 0) is 12.0 Å². The summed E-state index contributed by atoms with van der Waals surface area (Å²) in [7, 11) is 0. The van der Waals surface area contributed by atoms with Crippen molar-refractivity contribution in [3.8, 4) is 0 Å². The normalized spacial score (nSPS) is 21.3. The highest BCUT2D eigenvalue weighted by atomic mass is 19.1. The summed E-state index contributed by atoms with van der Waals surface area (Å²) in [4.78, 5) is 3.15. The first kappa shape index (κ1) is 11.7. The second-order valence-electron chi connectivity index (χ2n) is 5.44. The van der Waals surface area contributed by atoms with Crippen LogP contribution in [0, 0.1) is 5.82 Å². The van der Waals surface area contributed by atoms with Crippen LogP contribution in [0.2, 0.25) is 0 Å². The Labute approximate surface area is 115 Å². The summed E-state index contributed by atoms with van der Waals surface area (Å²) in [5.74, 6) is -0.242. The van der Waals surface area contributed by atoms with Gasteiger partial charge in [0.05, 0.1) is 0 Å². The fourth-order valence-corrected chi connectivity index (χ4v) is 3.23. The van der Waals surface area contributed by atoms with Gasteiger partial charge in [0.25, 0.3) is 0 Å². The van der Waals surface area contributed by atoms with Crippen molar-refractivity contribution in [1.82, 2.24) is 4.98 Å². The standard InChI is InChI=1S/C17H14FNO/c18-14-2-3-15-11(10-14)5-7-17(15,20)13-1-4-16-12(9-13)6-8-19-16/h1-4,6,8-10,19-20H,5,7H2. The molecule has 0 amide bonds. The van der Waals surface area contributed by atoms with E-state index in [1.807, 2.05) is 30.5 Å². The number of rotatable bonds is 1. The van der Waals surface area contributed by atoms with E-state index in [0.29, 0.717) is 12.8 Å². The summed E-state index contributed by atoms with van der Waals surface area (Å²) >= 11 is 0. The van der Waals surface area contributed by atoms with E-state index in [2.05, 4.69) is 4.98 Å². The molecule has 1 aliphatic rings. The van der Waals surface area contributed by atoms with Crippen molar-refractivity contribution < 1.29 is 9.50 Å². The van der Waals surface area contributed by atoms with Gasteiger partial charge in [0.15, 0.2) is 0 Å². The zero-order valence-electron chi connectivity index (χ0n) is 10.9. The molecule has 0 aliphatic heterocycles. The molecular formula is C17H14FNO. The van der Waals surface area contributed by atoms with Crippen LogP contribution < -0.4 is 0 Å². The lowest BCUT2D eigenvalue weighted by molar-refractivity contribution is 0.0831. The number of fused-ring (bicyclic) bond motifs is 2. The topological polar surface area (TPSA) is 36.0 Å². The molecule has 3 aromatic rings. The first-order valence-electron chi connectivity index (χ1n) is 6.76. The molecular weight excluding hydrogens is 253 g/mol. The second-order valence-corrected chi connectivity index (χ2v) is 5.44. The Bertz CT molecular complexity index is 808. The zero-order valence-corrected chi connectivity index (χ0v) is 10.9. The lowest BCUT2D eigenvalue weighted by Crippen LogP contribution is -2.23. The average molecular weight is 267 g/mol. The quantitative estimate of drug-likeness (QED) is 0.695.